The maximum Gasteiger partial charge on any atom is 0.337 e. The number of carboxylic acid groups (broad SMARTS) is 1. The Labute approximate surface area is 104 Å². The Balaban J connectivity index is 2.19. The fourth-order valence-electron chi connectivity index (χ4n) is 1.59. The van der Waals surface area contributed by atoms with Crippen LogP contribution in [0.1, 0.15) is 17.3 Å². The predicted octanol–water partition coefficient (Wildman–Crippen LogP) is 1.93. The van der Waals surface area contributed by atoms with E-state index in [9.17, 15) is 4.79 Å². The molecule has 2 rings (SSSR count). The first kappa shape index (κ1) is 12.0. The molecule has 0 radical (unpaired) electrons. The first-order chi connectivity index (χ1) is 8.60. The number of nitrogens with one attached hydrogen (secondary N) is 1. The number of hydrogen-bond donors (Lipinski definition) is 3. The Morgan fingerprint density at radius 2 is 2.28 bits per heavy atom. The standard InChI is InChI=1S/C12H14N4O2/c1-2-16-6-5-11(15-16)14-8-3-4-9(12(17)18)10(13)7-8/h3-7H,2,13H2,1H3,(H,14,15)(H,17,18). The Morgan fingerprint density at radius 1 is 1.50 bits per heavy atom. The molecular weight excluding hydrogens is 232 g/mol. The fourth-order valence-corrected chi connectivity index (χ4v) is 1.59. The van der Waals surface area contributed by atoms with Crippen LogP contribution in [0, 0.1) is 0 Å². The summed E-state index contributed by atoms with van der Waals surface area (Å²) < 4.78 is 1.79. The van der Waals surface area contributed by atoms with Crippen LogP contribution in [0.2, 0.25) is 0 Å². The van der Waals surface area contributed by atoms with E-state index >= 15 is 0 Å². The van der Waals surface area contributed by atoms with Gasteiger partial charge >= 0.3 is 5.97 Å². The summed E-state index contributed by atoms with van der Waals surface area (Å²) in [4.78, 5) is 10.8. The molecule has 1 aromatic carbocycles. The zero-order chi connectivity index (χ0) is 13.1. The van der Waals surface area contributed by atoms with Gasteiger partial charge in [0.05, 0.1) is 5.56 Å². The van der Waals surface area contributed by atoms with Crippen molar-refractivity contribution < 1.29 is 9.90 Å². The van der Waals surface area contributed by atoms with Gasteiger partial charge in [0.2, 0.25) is 0 Å². The van der Waals surface area contributed by atoms with Crippen molar-refractivity contribution >= 4 is 23.2 Å². The number of nitrogens with two attached hydrogens (primary N) is 1. The molecule has 4 N–H and O–H groups in total. The van der Waals surface area contributed by atoms with E-state index in [4.69, 9.17) is 10.8 Å². The van der Waals surface area contributed by atoms with Crippen molar-refractivity contribution in [1.29, 1.82) is 0 Å². The predicted molar refractivity (Wildman–Crippen MR) is 69.0 cm³/mol. The first-order valence-corrected chi connectivity index (χ1v) is 5.53. The normalized spacial score (nSPS) is 10.3. The number of aromatic nitrogens is 2. The molecule has 0 saturated heterocycles. The lowest BCUT2D eigenvalue weighted by Gasteiger charge is -2.06. The molecule has 6 heteroatoms. The van der Waals surface area contributed by atoms with Crippen molar-refractivity contribution in [2.45, 2.75) is 13.5 Å². The lowest BCUT2D eigenvalue weighted by molar-refractivity contribution is 0.0698. The van der Waals surface area contributed by atoms with Crippen molar-refractivity contribution in [2.24, 2.45) is 0 Å². The topological polar surface area (TPSA) is 93.2 Å². The fraction of sp³-hybridized carbons (Fsp3) is 0.167. The third kappa shape index (κ3) is 2.42. The van der Waals surface area contributed by atoms with Crippen LogP contribution >= 0.6 is 0 Å². The van der Waals surface area contributed by atoms with Crippen molar-refractivity contribution in [2.75, 3.05) is 11.1 Å². The summed E-state index contributed by atoms with van der Waals surface area (Å²) in [6.07, 6.45) is 1.86. The molecular formula is C12H14N4O2. The third-order valence-corrected chi connectivity index (χ3v) is 2.52. The average molecular weight is 246 g/mol. The van der Waals surface area contributed by atoms with Crippen molar-refractivity contribution in [3.63, 3.8) is 0 Å². The lowest BCUT2D eigenvalue weighted by atomic mass is 10.1. The summed E-state index contributed by atoms with van der Waals surface area (Å²) in [6, 6.07) is 6.54. The molecule has 0 aliphatic rings. The Bertz CT molecular complexity index is 577. The van der Waals surface area contributed by atoms with E-state index in [0.29, 0.717) is 11.5 Å². The van der Waals surface area contributed by atoms with E-state index in [0.717, 1.165) is 6.54 Å². The van der Waals surface area contributed by atoms with Crippen LogP contribution in [0.5, 0.6) is 0 Å². The highest BCUT2D eigenvalue weighted by Crippen LogP contribution is 2.20. The summed E-state index contributed by atoms with van der Waals surface area (Å²) in [7, 11) is 0. The van der Waals surface area contributed by atoms with Gasteiger partial charge in [0.25, 0.3) is 0 Å². The number of carbonyl (C=O) groups is 1. The zero-order valence-corrected chi connectivity index (χ0v) is 9.92. The molecule has 1 heterocycles. The van der Waals surface area contributed by atoms with Gasteiger partial charge in [0.15, 0.2) is 5.82 Å². The molecule has 0 spiro atoms. The summed E-state index contributed by atoms with van der Waals surface area (Å²) in [5.74, 6) is -0.339. The molecule has 18 heavy (non-hydrogen) atoms. The third-order valence-electron chi connectivity index (χ3n) is 2.52. The number of benzene rings is 1. The van der Waals surface area contributed by atoms with Crippen LogP contribution in [0.3, 0.4) is 0 Å². The highest BCUT2D eigenvalue weighted by Gasteiger charge is 2.08. The monoisotopic (exact) mass is 246 g/mol. The minimum Gasteiger partial charge on any atom is -0.478 e. The Hall–Kier alpha value is -2.50. The summed E-state index contributed by atoms with van der Waals surface area (Å²) in [5, 5.41) is 16.2. The molecule has 2 aromatic rings. The van der Waals surface area contributed by atoms with E-state index in [1.165, 1.54) is 6.07 Å². The lowest BCUT2D eigenvalue weighted by Crippen LogP contribution is -2.03. The van der Waals surface area contributed by atoms with Crippen molar-refractivity contribution in [1.82, 2.24) is 9.78 Å². The van der Waals surface area contributed by atoms with E-state index in [2.05, 4.69) is 10.4 Å². The number of rotatable bonds is 4. The van der Waals surface area contributed by atoms with Crippen molar-refractivity contribution in [3.05, 3.63) is 36.0 Å². The van der Waals surface area contributed by atoms with Crippen LogP contribution < -0.4 is 11.1 Å². The molecule has 94 valence electrons. The highest BCUT2D eigenvalue weighted by atomic mass is 16.4. The van der Waals surface area contributed by atoms with E-state index < -0.39 is 5.97 Å². The smallest absolute Gasteiger partial charge is 0.337 e. The minimum atomic E-state index is -1.03. The van der Waals surface area contributed by atoms with E-state index in [1.54, 1.807) is 16.8 Å². The number of carboxylic acids is 1. The van der Waals surface area contributed by atoms with E-state index in [-0.39, 0.29) is 11.3 Å². The maximum atomic E-state index is 10.8. The van der Waals surface area contributed by atoms with Gasteiger partial charge in [-0.05, 0) is 25.1 Å². The molecule has 0 aliphatic carbocycles. The van der Waals surface area contributed by atoms with E-state index in [1.807, 2.05) is 19.2 Å². The number of aryl methyl sites for hydroxylation is 1. The molecule has 0 atom stereocenters. The average Bonchev–Trinajstić information content (AvgIpc) is 2.76. The molecule has 1 aromatic heterocycles. The van der Waals surface area contributed by atoms with Crippen LogP contribution in [-0.4, -0.2) is 20.9 Å². The van der Waals surface area contributed by atoms with Gasteiger partial charge < -0.3 is 16.2 Å². The molecule has 0 amide bonds. The van der Waals surface area contributed by atoms with Gasteiger partial charge in [0.1, 0.15) is 0 Å². The molecule has 6 nitrogen and oxygen atoms in total. The number of hydrogen-bond acceptors (Lipinski definition) is 4. The Kier molecular flexibility index (Phi) is 3.18. The zero-order valence-electron chi connectivity index (χ0n) is 9.92. The van der Waals surface area contributed by atoms with Gasteiger partial charge in [-0.3, -0.25) is 4.68 Å². The number of nitrogen functional groups attached to an aromatic ring is 1. The highest BCUT2D eigenvalue weighted by molar-refractivity contribution is 5.94. The molecule has 0 bridgehead atoms. The summed E-state index contributed by atoms with van der Waals surface area (Å²) in [5.41, 5.74) is 6.69. The quantitative estimate of drug-likeness (QED) is 0.717. The first-order valence-electron chi connectivity index (χ1n) is 5.53. The summed E-state index contributed by atoms with van der Waals surface area (Å²) in [6.45, 7) is 2.79. The second kappa shape index (κ2) is 4.79. The summed E-state index contributed by atoms with van der Waals surface area (Å²) >= 11 is 0. The molecule has 0 aliphatic heterocycles. The van der Waals surface area contributed by atoms with Crippen LogP contribution in [0.4, 0.5) is 17.2 Å². The number of aromatic carboxylic acids is 1. The largest absolute Gasteiger partial charge is 0.478 e. The van der Waals surface area contributed by atoms with Gasteiger partial charge in [-0.15, -0.1) is 0 Å². The van der Waals surface area contributed by atoms with Crippen molar-refractivity contribution in [3.8, 4) is 0 Å². The minimum absolute atomic E-state index is 0.0969. The number of nitrogens with zero attached hydrogens (tertiary/aromatic N) is 2. The molecule has 0 fully saturated rings. The number of anilines is 3. The van der Waals surface area contributed by atoms with Gasteiger partial charge in [0, 0.05) is 30.2 Å². The Morgan fingerprint density at radius 3 is 2.83 bits per heavy atom. The maximum absolute atomic E-state index is 10.8. The second-order valence-electron chi connectivity index (χ2n) is 3.79. The molecule has 0 unspecified atom stereocenters. The molecule has 0 saturated carbocycles. The SMILES string of the molecule is CCn1ccc(Nc2ccc(C(=O)O)c(N)c2)n1. The van der Waals surface area contributed by atoms with Gasteiger partial charge in [-0.2, -0.15) is 5.10 Å². The van der Waals surface area contributed by atoms with Gasteiger partial charge in [-0.1, -0.05) is 0 Å². The van der Waals surface area contributed by atoms with Crippen LogP contribution in [0.15, 0.2) is 30.5 Å². The second-order valence-corrected chi connectivity index (χ2v) is 3.79. The van der Waals surface area contributed by atoms with Crippen LogP contribution in [0.25, 0.3) is 0 Å². The van der Waals surface area contributed by atoms with Gasteiger partial charge in [-0.25, -0.2) is 4.79 Å². The van der Waals surface area contributed by atoms with Crippen LogP contribution in [-0.2, 0) is 6.54 Å².